The molecule has 0 aromatic carbocycles. The molecule has 1 unspecified atom stereocenters. The smallest absolute Gasteiger partial charge is 0.310 e. The minimum Gasteiger partial charge on any atom is -0.481 e. The van der Waals surface area contributed by atoms with Crippen LogP contribution in [0.3, 0.4) is 0 Å². The summed E-state index contributed by atoms with van der Waals surface area (Å²) < 4.78 is 0. The van der Waals surface area contributed by atoms with Crippen molar-refractivity contribution in [2.45, 2.75) is 32.6 Å². The van der Waals surface area contributed by atoms with E-state index in [2.05, 4.69) is 6.58 Å². The summed E-state index contributed by atoms with van der Waals surface area (Å²) in [6.07, 6.45) is 2.32. The molecule has 0 saturated heterocycles. The van der Waals surface area contributed by atoms with Crippen LogP contribution in [-0.2, 0) is 9.59 Å². The van der Waals surface area contributed by atoms with Crippen LogP contribution in [0.15, 0.2) is 12.7 Å². The monoisotopic (exact) mass is 232 g/mol. The van der Waals surface area contributed by atoms with Crippen molar-refractivity contribution in [3.05, 3.63) is 12.7 Å². The molecular weight excluding hydrogens is 212 g/mol. The van der Waals surface area contributed by atoms with Gasteiger partial charge in [-0.25, -0.2) is 0 Å². The van der Waals surface area contributed by atoms with Crippen LogP contribution >= 0.6 is 0 Å². The van der Waals surface area contributed by atoms with Gasteiger partial charge >= 0.3 is 11.9 Å². The molecule has 0 rings (SSSR count). The molecule has 0 aromatic rings. The third kappa shape index (κ3) is 4.78. The fraction of sp³-hybridized carbons (Fsp3) is 0.600. The van der Waals surface area contributed by atoms with Gasteiger partial charge in [-0.1, -0.05) is 19.4 Å². The molecule has 1 atom stereocenters. The minimum absolute atomic E-state index is 0. The lowest BCUT2D eigenvalue weighted by atomic mass is 9.77. The van der Waals surface area contributed by atoms with E-state index >= 15 is 0 Å². The van der Waals surface area contributed by atoms with E-state index in [9.17, 15) is 9.59 Å². The summed E-state index contributed by atoms with van der Waals surface area (Å²) >= 11 is 0. The van der Waals surface area contributed by atoms with Crippen LogP contribution < -0.4 is 0 Å². The number of rotatable bonds is 7. The Kier molecular flexibility index (Phi) is 7.86. The molecule has 0 aromatic heterocycles. The average Bonchev–Trinajstić information content (AvgIpc) is 2.03. The van der Waals surface area contributed by atoms with Crippen molar-refractivity contribution in [3.63, 3.8) is 0 Å². The number of hydrogen-bond donors (Lipinski definition) is 2. The zero-order valence-corrected chi connectivity index (χ0v) is 8.32. The highest BCUT2D eigenvalue weighted by Gasteiger charge is 2.38. The maximum absolute atomic E-state index is 11.0. The third-order valence-electron chi connectivity index (χ3n) is 2.21. The predicted octanol–water partition coefficient (Wildman–Crippen LogP) is 0.457. The molecule has 0 heterocycles. The summed E-state index contributed by atoms with van der Waals surface area (Å²) in [5.74, 6) is -2.13. The van der Waals surface area contributed by atoms with Crippen molar-refractivity contribution >= 4 is 22.9 Å². The Labute approximate surface area is 94.0 Å². The van der Waals surface area contributed by atoms with Crippen LogP contribution in [0.4, 0.5) is 0 Å². The van der Waals surface area contributed by atoms with Gasteiger partial charge in [0.05, 0.1) is 11.8 Å². The topological polar surface area (TPSA) is 74.6 Å². The first-order chi connectivity index (χ1) is 6.48. The molecule has 0 bridgehead atoms. The average molecular weight is 232 g/mol. The Morgan fingerprint density at radius 2 is 1.93 bits per heavy atom. The predicted molar refractivity (Wildman–Crippen MR) is 63.4 cm³/mol. The summed E-state index contributed by atoms with van der Waals surface area (Å²) in [4.78, 5) is 21.6. The lowest BCUT2D eigenvalue weighted by Crippen LogP contribution is -2.33. The number of carbonyl (C=O) groups is 2. The number of allylic oxidation sites excluding steroid dienone is 1. The molecule has 0 fully saturated rings. The van der Waals surface area contributed by atoms with Gasteiger partial charge in [0.15, 0.2) is 0 Å². The maximum atomic E-state index is 11.0. The molecule has 0 saturated carbocycles. The molecular formula is C10H20O4Si. The zero-order valence-electron chi connectivity index (χ0n) is 8.32. The van der Waals surface area contributed by atoms with Gasteiger partial charge in [-0.2, -0.15) is 0 Å². The highest BCUT2D eigenvalue weighted by Crippen LogP contribution is 2.33. The molecule has 0 amide bonds. The molecule has 15 heavy (non-hydrogen) atoms. The van der Waals surface area contributed by atoms with E-state index in [4.69, 9.17) is 10.2 Å². The lowest BCUT2D eigenvalue weighted by Gasteiger charge is -2.25. The van der Waals surface area contributed by atoms with E-state index < -0.39 is 17.4 Å². The highest BCUT2D eigenvalue weighted by atomic mass is 28.1. The molecule has 88 valence electrons. The van der Waals surface area contributed by atoms with Crippen molar-refractivity contribution in [2.75, 3.05) is 0 Å². The normalized spacial score (nSPS) is 13.4. The van der Waals surface area contributed by atoms with Gasteiger partial charge in [-0.15, -0.1) is 6.58 Å². The van der Waals surface area contributed by atoms with Gasteiger partial charge in [-0.3, -0.25) is 9.59 Å². The molecule has 0 spiro atoms. The summed E-state index contributed by atoms with van der Waals surface area (Å²) in [5.41, 5.74) is -1.18. The van der Waals surface area contributed by atoms with Crippen LogP contribution in [0.1, 0.15) is 32.6 Å². The Morgan fingerprint density at radius 3 is 2.20 bits per heavy atom. The second-order valence-electron chi connectivity index (χ2n) is 3.40. The van der Waals surface area contributed by atoms with E-state index in [1.165, 1.54) is 6.08 Å². The number of carboxylic acid groups (broad SMARTS) is 2. The van der Waals surface area contributed by atoms with E-state index in [1.54, 1.807) is 0 Å². The van der Waals surface area contributed by atoms with Crippen LogP contribution in [0.2, 0.25) is 0 Å². The van der Waals surface area contributed by atoms with Crippen LogP contribution in [-0.4, -0.2) is 33.1 Å². The number of aliphatic carboxylic acids is 2. The Bertz CT molecular complexity index is 240. The minimum atomic E-state index is -1.18. The third-order valence-corrected chi connectivity index (χ3v) is 2.21. The maximum Gasteiger partial charge on any atom is 0.310 e. The molecule has 0 aliphatic carbocycles. The molecule has 0 aliphatic heterocycles. The van der Waals surface area contributed by atoms with Gasteiger partial charge in [0, 0.05) is 0 Å². The second kappa shape index (κ2) is 7.22. The quantitative estimate of drug-likeness (QED) is 0.494. The first-order valence-electron chi connectivity index (χ1n) is 4.54. The van der Waals surface area contributed by atoms with Gasteiger partial charge < -0.3 is 10.2 Å². The molecule has 2 N–H and O–H groups in total. The summed E-state index contributed by atoms with van der Waals surface area (Å²) in [6, 6.07) is 0. The fourth-order valence-corrected chi connectivity index (χ4v) is 1.58. The molecule has 5 heteroatoms. The summed E-state index contributed by atoms with van der Waals surface area (Å²) in [7, 11) is 0. The van der Waals surface area contributed by atoms with Crippen molar-refractivity contribution in [2.24, 2.45) is 5.41 Å². The van der Waals surface area contributed by atoms with E-state index in [-0.39, 0.29) is 23.8 Å². The molecule has 4 nitrogen and oxygen atoms in total. The van der Waals surface area contributed by atoms with Crippen LogP contribution in [0.25, 0.3) is 0 Å². The Morgan fingerprint density at radius 1 is 1.40 bits per heavy atom. The van der Waals surface area contributed by atoms with Gasteiger partial charge in [0.1, 0.15) is 0 Å². The summed E-state index contributed by atoms with van der Waals surface area (Å²) in [6.45, 7) is 5.30. The molecule has 0 radical (unpaired) electrons. The SMILES string of the molecule is C=CCC(CCC)(CC(=O)O)C(=O)O.[SiH4]. The van der Waals surface area contributed by atoms with Crippen molar-refractivity contribution in [1.29, 1.82) is 0 Å². The van der Waals surface area contributed by atoms with Gasteiger partial charge in [0.2, 0.25) is 0 Å². The largest absolute Gasteiger partial charge is 0.481 e. The summed E-state index contributed by atoms with van der Waals surface area (Å²) in [5, 5.41) is 17.7. The van der Waals surface area contributed by atoms with E-state index in [0.29, 0.717) is 12.8 Å². The van der Waals surface area contributed by atoms with E-state index in [0.717, 1.165) is 0 Å². The lowest BCUT2D eigenvalue weighted by molar-refractivity contribution is -0.156. The fourth-order valence-electron chi connectivity index (χ4n) is 1.58. The zero-order chi connectivity index (χ0) is 11.2. The van der Waals surface area contributed by atoms with Crippen LogP contribution in [0, 0.1) is 5.41 Å². The highest BCUT2D eigenvalue weighted by molar-refractivity contribution is 5.81. The Hall–Kier alpha value is -1.10. The van der Waals surface area contributed by atoms with Crippen molar-refractivity contribution in [1.82, 2.24) is 0 Å². The first kappa shape index (κ1) is 16.3. The van der Waals surface area contributed by atoms with E-state index in [1.807, 2.05) is 6.92 Å². The Balaban J connectivity index is 0. The van der Waals surface area contributed by atoms with Crippen LogP contribution in [0.5, 0.6) is 0 Å². The van der Waals surface area contributed by atoms with Gasteiger partial charge in [0.25, 0.3) is 0 Å². The standard InChI is InChI=1S/C10H16O4.H4Si/c1-3-5-10(6-4-2,9(13)14)7-8(11)12;/h3H,1,4-7H2,2H3,(H,11,12)(H,13,14);1H4. The van der Waals surface area contributed by atoms with Crippen molar-refractivity contribution in [3.8, 4) is 0 Å². The molecule has 0 aliphatic rings. The number of carboxylic acids is 2. The second-order valence-corrected chi connectivity index (χ2v) is 3.40. The van der Waals surface area contributed by atoms with Crippen molar-refractivity contribution < 1.29 is 19.8 Å². The van der Waals surface area contributed by atoms with Gasteiger partial charge in [-0.05, 0) is 23.8 Å². The number of hydrogen-bond acceptors (Lipinski definition) is 2. The first-order valence-corrected chi connectivity index (χ1v) is 4.54.